The van der Waals surface area contributed by atoms with Crippen molar-refractivity contribution in [2.45, 2.75) is 6.92 Å². The van der Waals surface area contributed by atoms with Crippen LogP contribution in [0.4, 0.5) is 0 Å². The molecule has 0 nitrogen and oxygen atoms in total. The second-order valence-electron chi connectivity index (χ2n) is 2.57. The number of hydrogen-bond donors (Lipinski definition) is 0. The number of hydrogen-bond acceptors (Lipinski definition) is 0. The molecule has 0 aromatic heterocycles. The van der Waals surface area contributed by atoms with Crippen molar-refractivity contribution in [2.24, 2.45) is 0 Å². The molecule has 0 heterocycles. The summed E-state index contributed by atoms with van der Waals surface area (Å²) in [6, 6.07) is 16.3. The summed E-state index contributed by atoms with van der Waals surface area (Å²) in [5, 5.41) is 0. The lowest BCUT2D eigenvalue weighted by atomic mass is 10.3. The second-order valence-corrected chi connectivity index (χ2v) is 3.48. The van der Waals surface area contributed by atoms with Crippen LogP contribution >= 0.6 is 15.9 Å². The summed E-state index contributed by atoms with van der Waals surface area (Å²) in [5.41, 5.74) is 1.25. The van der Waals surface area contributed by atoms with Gasteiger partial charge in [0.1, 0.15) is 0 Å². The molecule has 0 N–H and O–H groups in total. The second kappa shape index (κ2) is 4.94. The van der Waals surface area contributed by atoms with Gasteiger partial charge in [-0.2, -0.15) is 0 Å². The fourth-order valence-corrected chi connectivity index (χ4v) is 1.13. The molecule has 0 saturated heterocycles. The van der Waals surface area contributed by atoms with Crippen LogP contribution in [0, 0.1) is 6.92 Å². The van der Waals surface area contributed by atoms with E-state index < -0.39 is 0 Å². The van der Waals surface area contributed by atoms with Crippen LogP contribution in [-0.4, -0.2) is 0 Å². The number of halogens is 1. The van der Waals surface area contributed by atoms with Gasteiger partial charge in [0.05, 0.1) is 0 Å². The topological polar surface area (TPSA) is 0 Å². The highest BCUT2D eigenvalue weighted by Crippen LogP contribution is 2.04. The molecule has 1 rings (SSSR count). The van der Waals surface area contributed by atoms with E-state index in [0.717, 1.165) is 4.47 Å². The monoisotopic (exact) mass is 222 g/mol. The van der Waals surface area contributed by atoms with Crippen LogP contribution in [0.5, 0.6) is 0 Å². The normalized spacial score (nSPS) is 8.83. The Morgan fingerprint density at radius 2 is 1.25 bits per heavy atom. The molecule has 0 saturated carbocycles. The lowest BCUT2D eigenvalue weighted by Crippen LogP contribution is -1.61. The molecular weight excluding hydrogens is 212 g/mol. The Morgan fingerprint density at radius 3 is 1.75 bits per heavy atom. The van der Waals surface area contributed by atoms with Crippen molar-refractivity contribution in [3.63, 3.8) is 0 Å². The maximum absolute atomic E-state index is 3.42. The molecule has 1 aromatic rings. The fourth-order valence-electron chi connectivity index (χ4n) is 0.821. The van der Waals surface area contributed by atoms with Gasteiger partial charge < -0.3 is 0 Å². The Labute approximate surface area is 81.7 Å². The van der Waals surface area contributed by atoms with Gasteiger partial charge >= 0.3 is 0 Å². The summed E-state index contributed by atoms with van der Waals surface area (Å²) in [6.07, 6.45) is 0. The first-order valence-corrected chi connectivity index (χ1v) is 4.64. The average Bonchev–Trinajstić information content (AvgIpc) is 2.06. The van der Waals surface area contributed by atoms with E-state index in [1.165, 1.54) is 5.56 Å². The standard InChI is InChI=1S/C11H11Br/c1-10-6-2-4-8-11(12)9-5-3-7-10/h2-9H,1H3. The predicted octanol–water partition coefficient (Wildman–Crippen LogP) is 3.88. The van der Waals surface area contributed by atoms with E-state index in [0.29, 0.717) is 0 Å². The van der Waals surface area contributed by atoms with Gasteiger partial charge in [0.25, 0.3) is 0 Å². The molecule has 62 valence electrons. The molecule has 0 atom stereocenters. The molecule has 0 aliphatic heterocycles. The van der Waals surface area contributed by atoms with Crippen LogP contribution in [-0.2, 0) is 0 Å². The lowest BCUT2D eigenvalue weighted by molar-refractivity contribution is 1.49. The first-order valence-electron chi connectivity index (χ1n) is 3.84. The maximum Gasteiger partial charge on any atom is 0.0175 e. The summed E-state index contributed by atoms with van der Waals surface area (Å²) in [7, 11) is 0. The molecule has 0 radical (unpaired) electrons. The van der Waals surface area contributed by atoms with Gasteiger partial charge in [-0.1, -0.05) is 57.9 Å². The van der Waals surface area contributed by atoms with E-state index in [1.807, 2.05) is 36.4 Å². The summed E-state index contributed by atoms with van der Waals surface area (Å²) in [4.78, 5) is 0. The Kier molecular flexibility index (Phi) is 3.81. The highest BCUT2D eigenvalue weighted by molar-refractivity contribution is 9.10. The minimum atomic E-state index is 1.08. The van der Waals surface area contributed by atoms with E-state index in [2.05, 4.69) is 35.0 Å². The van der Waals surface area contributed by atoms with Crippen molar-refractivity contribution < 1.29 is 0 Å². The minimum Gasteiger partial charge on any atom is -0.0620 e. The Hall–Kier alpha value is -0.820. The minimum absolute atomic E-state index is 1.08. The first-order chi connectivity index (χ1) is 5.79. The molecule has 0 fully saturated rings. The van der Waals surface area contributed by atoms with Crippen LogP contribution in [0.25, 0.3) is 0 Å². The molecule has 12 heavy (non-hydrogen) atoms. The van der Waals surface area contributed by atoms with Crippen molar-refractivity contribution in [1.29, 1.82) is 0 Å². The van der Waals surface area contributed by atoms with Gasteiger partial charge in [-0.3, -0.25) is 0 Å². The number of aryl methyl sites for hydroxylation is 1. The molecule has 0 aliphatic carbocycles. The van der Waals surface area contributed by atoms with Crippen molar-refractivity contribution >= 4 is 15.9 Å². The van der Waals surface area contributed by atoms with Crippen molar-refractivity contribution in [3.8, 4) is 0 Å². The highest BCUT2D eigenvalue weighted by Gasteiger charge is 1.75. The van der Waals surface area contributed by atoms with Crippen molar-refractivity contribution in [3.05, 3.63) is 58.6 Å². The summed E-state index contributed by atoms with van der Waals surface area (Å²) in [6.45, 7) is 2.08. The first kappa shape index (κ1) is 9.27. The molecule has 0 aliphatic rings. The zero-order chi connectivity index (χ0) is 8.81. The largest absolute Gasteiger partial charge is 0.0620 e. The van der Waals surface area contributed by atoms with Crippen molar-refractivity contribution in [1.82, 2.24) is 0 Å². The molecule has 1 heteroatoms. The fraction of sp³-hybridized carbons (Fsp3) is 0.0909. The van der Waals surface area contributed by atoms with E-state index in [4.69, 9.17) is 0 Å². The van der Waals surface area contributed by atoms with Gasteiger partial charge in [0, 0.05) is 4.47 Å². The lowest BCUT2D eigenvalue weighted by Gasteiger charge is -1.83. The van der Waals surface area contributed by atoms with Crippen LogP contribution in [0.3, 0.4) is 0 Å². The Bertz CT molecular complexity index is 244. The Balaban J connectivity index is 3.18. The highest BCUT2D eigenvalue weighted by atomic mass is 79.9. The maximum atomic E-state index is 3.42. The molecule has 1 aromatic carbocycles. The molecular formula is C11H11Br. The van der Waals surface area contributed by atoms with E-state index in [9.17, 15) is 0 Å². The van der Waals surface area contributed by atoms with Crippen LogP contribution < -0.4 is 0 Å². The van der Waals surface area contributed by atoms with Crippen LogP contribution in [0.15, 0.2) is 53.0 Å². The SMILES string of the molecule is Cc1ccccc(Br)cccc1. The van der Waals surface area contributed by atoms with Gasteiger partial charge in [-0.25, -0.2) is 0 Å². The summed E-state index contributed by atoms with van der Waals surface area (Å²) in [5.74, 6) is 0. The van der Waals surface area contributed by atoms with E-state index in [-0.39, 0.29) is 0 Å². The third kappa shape index (κ3) is 3.54. The van der Waals surface area contributed by atoms with Crippen LogP contribution in [0.2, 0.25) is 0 Å². The number of rotatable bonds is 0. The molecule has 0 spiro atoms. The smallest absolute Gasteiger partial charge is 0.0175 e. The van der Waals surface area contributed by atoms with E-state index >= 15 is 0 Å². The third-order valence-corrected chi connectivity index (χ3v) is 1.98. The quantitative estimate of drug-likeness (QED) is 0.626. The zero-order valence-electron chi connectivity index (χ0n) is 7.00. The summed E-state index contributed by atoms with van der Waals surface area (Å²) >= 11 is 3.42. The Morgan fingerprint density at radius 1 is 0.833 bits per heavy atom. The third-order valence-electron chi connectivity index (χ3n) is 1.45. The molecule has 0 amide bonds. The van der Waals surface area contributed by atoms with Crippen molar-refractivity contribution in [2.75, 3.05) is 0 Å². The zero-order valence-corrected chi connectivity index (χ0v) is 8.58. The van der Waals surface area contributed by atoms with E-state index in [1.54, 1.807) is 0 Å². The van der Waals surface area contributed by atoms with Gasteiger partial charge in [0.2, 0.25) is 0 Å². The van der Waals surface area contributed by atoms with Gasteiger partial charge in [0.15, 0.2) is 0 Å². The molecule has 0 unspecified atom stereocenters. The van der Waals surface area contributed by atoms with Gasteiger partial charge in [-0.15, -0.1) is 0 Å². The predicted molar refractivity (Wildman–Crippen MR) is 56.5 cm³/mol. The average molecular weight is 223 g/mol. The van der Waals surface area contributed by atoms with Crippen LogP contribution in [0.1, 0.15) is 5.56 Å². The summed E-state index contributed by atoms with van der Waals surface area (Å²) < 4.78 is 1.08. The van der Waals surface area contributed by atoms with Gasteiger partial charge in [-0.05, 0) is 19.1 Å². The molecule has 0 bridgehead atoms.